The smallest absolute Gasteiger partial charge is 0.341 e. The van der Waals surface area contributed by atoms with Crippen molar-refractivity contribution in [2.75, 3.05) is 18.5 Å². The van der Waals surface area contributed by atoms with Crippen molar-refractivity contribution >= 4 is 24.9 Å². The fourth-order valence-corrected chi connectivity index (χ4v) is 7.32. The molecular weight excluding hydrogens is 433 g/mol. The Morgan fingerprint density at radius 2 is 1.84 bits per heavy atom. The zero-order valence-corrected chi connectivity index (χ0v) is 19.7. The monoisotopic (exact) mass is 459 g/mol. The van der Waals surface area contributed by atoms with Gasteiger partial charge in [-0.3, -0.25) is 9.09 Å². The largest absolute Gasteiger partial charge is 0.508 e. The molecule has 0 radical (unpaired) electrons. The molecule has 1 aliphatic heterocycles. The highest BCUT2D eigenvalue weighted by Crippen LogP contribution is 2.67. The molecule has 3 aromatic rings. The van der Waals surface area contributed by atoms with Gasteiger partial charge in [-0.05, 0) is 75.7 Å². The van der Waals surface area contributed by atoms with Crippen molar-refractivity contribution in [3.63, 3.8) is 0 Å². The van der Waals surface area contributed by atoms with Crippen LogP contribution >= 0.6 is 18.9 Å². The molecule has 2 N–H and O–H groups in total. The summed E-state index contributed by atoms with van der Waals surface area (Å²) in [5, 5.41) is 12.8. The van der Waals surface area contributed by atoms with Crippen LogP contribution in [0.15, 0.2) is 42.5 Å². The highest BCUT2D eigenvalue weighted by molar-refractivity contribution is 7.55. The molecule has 1 aromatic carbocycles. The molecule has 1 saturated heterocycles. The number of thiophene rings is 1. The molecule has 2 atom stereocenters. The summed E-state index contributed by atoms with van der Waals surface area (Å²) < 4.78 is 25.4. The maximum absolute atomic E-state index is 13.7. The van der Waals surface area contributed by atoms with Crippen LogP contribution in [0.1, 0.15) is 35.8 Å². The first-order valence-electron chi connectivity index (χ1n) is 10.0. The summed E-state index contributed by atoms with van der Waals surface area (Å²) in [6.07, 6.45) is 0. The Morgan fingerprint density at radius 3 is 2.45 bits per heavy atom. The van der Waals surface area contributed by atoms with Gasteiger partial charge in [-0.25, -0.2) is 9.97 Å². The molecule has 2 unspecified atom stereocenters. The minimum Gasteiger partial charge on any atom is -0.508 e. The van der Waals surface area contributed by atoms with E-state index in [1.54, 1.807) is 12.1 Å². The SMILES string of the molecule is Cc1cc(C)nc(NCC(c2ccc(-c3ccc(O)cc3)s2)P2(=O)OCC(C)(C)O2)n1. The van der Waals surface area contributed by atoms with E-state index in [1.807, 2.05) is 58.0 Å². The predicted molar refractivity (Wildman–Crippen MR) is 123 cm³/mol. The number of phenolic OH excluding ortho intramolecular Hbond substituents is 1. The summed E-state index contributed by atoms with van der Waals surface area (Å²) in [6.45, 7) is 8.16. The number of hydrogen-bond acceptors (Lipinski definition) is 8. The zero-order chi connectivity index (χ0) is 22.2. The third-order valence-electron chi connectivity index (χ3n) is 4.89. The number of hydrogen-bond donors (Lipinski definition) is 2. The molecular formula is C22H26N3O4PS. The number of aryl methyl sites for hydroxylation is 2. The van der Waals surface area contributed by atoms with Crippen molar-refractivity contribution in [1.82, 2.24) is 9.97 Å². The van der Waals surface area contributed by atoms with E-state index < -0.39 is 18.9 Å². The van der Waals surface area contributed by atoms with Crippen molar-refractivity contribution < 1.29 is 18.7 Å². The second-order valence-corrected chi connectivity index (χ2v) is 11.5. The number of anilines is 1. The molecule has 0 saturated carbocycles. The Morgan fingerprint density at radius 1 is 1.16 bits per heavy atom. The molecule has 0 spiro atoms. The molecule has 9 heteroatoms. The second-order valence-electron chi connectivity index (χ2n) is 8.28. The number of rotatable bonds is 6. The molecule has 7 nitrogen and oxygen atoms in total. The highest BCUT2D eigenvalue weighted by Gasteiger charge is 2.48. The molecule has 164 valence electrons. The number of phenols is 1. The van der Waals surface area contributed by atoms with Gasteiger partial charge in [-0.15, -0.1) is 11.3 Å². The second kappa shape index (κ2) is 8.36. The Kier molecular flexibility index (Phi) is 5.92. The van der Waals surface area contributed by atoms with Crippen molar-refractivity contribution in [1.29, 1.82) is 0 Å². The van der Waals surface area contributed by atoms with Crippen LogP contribution in [-0.4, -0.2) is 33.8 Å². The van der Waals surface area contributed by atoms with Gasteiger partial charge in [0.1, 0.15) is 11.4 Å². The number of aromatic hydroxyl groups is 1. The molecule has 0 aliphatic carbocycles. The minimum atomic E-state index is -3.42. The predicted octanol–water partition coefficient (Wildman–Crippen LogP) is 5.70. The summed E-state index contributed by atoms with van der Waals surface area (Å²) in [4.78, 5) is 10.7. The average molecular weight is 460 g/mol. The van der Waals surface area contributed by atoms with Crippen molar-refractivity contribution in [2.45, 2.75) is 39.0 Å². The third kappa shape index (κ3) is 4.99. The Balaban J connectivity index is 1.64. The lowest BCUT2D eigenvalue weighted by Crippen LogP contribution is -2.21. The molecule has 0 amide bonds. The Bertz CT molecular complexity index is 1110. The fourth-order valence-electron chi connectivity index (χ4n) is 3.47. The summed E-state index contributed by atoms with van der Waals surface area (Å²) in [6, 6.07) is 12.9. The van der Waals surface area contributed by atoms with Gasteiger partial charge in [-0.1, -0.05) is 0 Å². The minimum absolute atomic E-state index is 0.218. The standard InChI is InChI=1S/C22H26N3O4PS/c1-14-11-15(2)25-21(24-14)23-12-18(30(27)28-13-22(3,4)29-30)20-10-9-19(31-20)16-5-7-17(26)8-6-16/h5-11,18,26H,12-13H2,1-4H3,(H,23,24,25). The van der Waals surface area contributed by atoms with Gasteiger partial charge >= 0.3 is 7.60 Å². The normalized spacial score (nSPS) is 21.2. The van der Waals surface area contributed by atoms with E-state index in [0.717, 1.165) is 26.7 Å². The first-order chi connectivity index (χ1) is 14.6. The topological polar surface area (TPSA) is 93.6 Å². The van der Waals surface area contributed by atoms with E-state index in [2.05, 4.69) is 15.3 Å². The van der Waals surface area contributed by atoms with E-state index in [0.29, 0.717) is 12.5 Å². The number of aromatic nitrogens is 2. The van der Waals surface area contributed by atoms with Crippen molar-refractivity contribution in [2.24, 2.45) is 0 Å². The third-order valence-corrected chi connectivity index (χ3v) is 8.78. The molecule has 1 fully saturated rings. The van der Waals surface area contributed by atoms with Gasteiger partial charge in [0.05, 0.1) is 12.2 Å². The average Bonchev–Trinajstić information content (AvgIpc) is 3.26. The lowest BCUT2D eigenvalue weighted by molar-refractivity contribution is 0.137. The van der Waals surface area contributed by atoms with E-state index in [4.69, 9.17) is 9.05 Å². The number of nitrogens with one attached hydrogen (secondary N) is 1. The lowest BCUT2D eigenvalue weighted by atomic mass is 10.2. The molecule has 4 rings (SSSR count). The molecule has 3 heterocycles. The maximum atomic E-state index is 13.7. The van der Waals surface area contributed by atoms with Crippen LogP contribution in [0.5, 0.6) is 5.75 Å². The van der Waals surface area contributed by atoms with Crippen LogP contribution in [0.2, 0.25) is 0 Å². The van der Waals surface area contributed by atoms with Crippen molar-refractivity contribution in [3.05, 3.63) is 58.7 Å². The first kappa shape index (κ1) is 22.0. The molecule has 2 aromatic heterocycles. The molecule has 0 bridgehead atoms. The van der Waals surface area contributed by atoms with Gasteiger partial charge in [0.15, 0.2) is 0 Å². The highest BCUT2D eigenvalue weighted by atomic mass is 32.1. The van der Waals surface area contributed by atoms with Crippen LogP contribution in [0.4, 0.5) is 5.95 Å². The van der Waals surface area contributed by atoms with Gasteiger partial charge in [-0.2, -0.15) is 0 Å². The van der Waals surface area contributed by atoms with Crippen LogP contribution in [-0.2, 0) is 13.6 Å². The molecule has 31 heavy (non-hydrogen) atoms. The lowest BCUT2D eigenvalue weighted by Gasteiger charge is -2.23. The van der Waals surface area contributed by atoms with Crippen LogP contribution in [0.3, 0.4) is 0 Å². The van der Waals surface area contributed by atoms with E-state index in [1.165, 1.54) is 11.3 Å². The maximum Gasteiger partial charge on any atom is 0.341 e. The summed E-state index contributed by atoms with van der Waals surface area (Å²) in [5.41, 5.74) is 1.58. The summed E-state index contributed by atoms with van der Waals surface area (Å²) in [7, 11) is -3.42. The number of benzene rings is 1. The fraction of sp³-hybridized carbons (Fsp3) is 0.364. The van der Waals surface area contributed by atoms with Gasteiger partial charge < -0.3 is 14.9 Å². The van der Waals surface area contributed by atoms with Crippen LogP contribution in [0.25, 0.3) is 10.4 Å². The summed E-state index contributed by atoms with van der Waals surface area (Å²) in [5.74, 6) is 0.707. The molecule has 1 aliphatic rings. The van der Waals surface area contributed by atoms with E-state index in [9.17, 15) is 9.67 Å². The van der Waals surface area contributed by atoms with Gasteiger partial charge in [0, 0.05) is 27.7 Å². The van der Waals surface area contributed by atoms with Crippen LogP contribution < -0.4 is 5.32 Å². The van der Waals surface area contributed by atoms with Gasteiger partial charge in [0.25, 0.3) is 0 Å². The van der Waals surface area contributed by atoms with Crippen LogP contribution in [0, 0.1) is 13.8 Å². The zero-order valence-electron chi connectivity index (χ0n) is 18.0. The summed E-state index contributed by atoms with van der Waals surface area (Å²) >= 11 is 1.53. The quantitative estimate of drug-likeness (QED) is 0.457. The van der Waals surface area contributed by atoms with Crippen molar-refractivity contribution in [3.8, 4) is 16.2 Å². The van der Waals surface area contributed by atoms with E-state index in [-0.39, 0.29) is 12.4 Å². The Hall–Kier alpha value is -2.25. The van der Waals surface area contributed by atoms with Gasteiger partial charge in [0.2, 0.25) is 5.95 Å². The number of nitrogens with zero attached hydrogens (tertiary/aromatic N) is 2. The Labute approximate surface area is 186 Å². The first-order valence-corrected chi connectivity index (χ1v) is 12.5. The van der Waals surface area contributed by atoms with E-state index >= 15 is 0 Å².